The second-order valence-electron chi connectivity index (χ2n) is 6.47. The van der Waals surface area contributed by atoms with Crippen molar-refractivity contribution in [2.75, 3.05) is 0 Å². The van der Waals surface area contributed by atoms with E-state index in [1.807, 2.05) is 6.92 Å². The first-order valence-electron chi connectivity index (χ1n) is 7.91. The zero-order valence-corrected chi connectivity index (χ0v) is 13.0. The van der Waals surface area contributed by atoms with E-state index in [0.29, 0.717) is 29.1 Å². The van der Waals surface area contributed by atoms with Gasteiger partial charge in [-0.3, -0.25) is 15.6 Å². The van der Waals surface area contributed by atoms with Crippen LogP contribution in [0.2, 0.25) is 0 Å². The zero-order valence-electron chi connectivity index (χ0n) is 13.0. The number of hydrogen-bond donors (Lipinski definition) is 3. The molecule has 22 heavy (non-hydrogen) atoms. The minimum atomic E-state index is -0.0305. The van der Waals surface area contributed by atoms with E-state index in [2.05, 4.69) is 29.2 Å². The Hall–Kier alpha value is -1.90. The fraction of sp³-hybridized carbons (Fsp3) is 0.529. The van der Waals surface area contributed by atoms with Gasteiger partial charge in [0.25, 0.3) is 5.91 Å². The molecule has 1 aromatic rings. The van der Waals surface area contributed by atoms with Crippen LogP contribution >= 0.6 is 0 Å². The first-order valence-corrected chi connectivity index (χ1v) is 7.91. The van der Waals surface area contributed by atoms with E-state index in [4.69, 9.17) is 5.26 Å². The summed E-state index contributed by atoms with van der Waals surface area (Å²) >= 11 is 0. The summed E-state index contributed by atoms with van der Waals surface area (Å²) in [6.45, 7) is 4.06. The first kappa shape index (κ1) is 15.0. The van der Waals surface area contributed by atoms with Gasteiger partial charge in [-0.05, 0) is 62.8 Å². The van der Waals surface area contributed by atoms with Crippen molar-refractivity contribution in [2.45, 2.75) is 51.2 Å². The summed E-state index contributed by atoms with van der Waals surface area (Å²) in [5, 5.41) is 12.1. The molecule has 5 heteroatoms. The number of aryl methyl sites for hydroxylation is 1. The van der Waals surface area contributed by atoms with Gasteiger partial charge in [0.15, 0.2) is 0 Å². The molecular weight excluding hydrogens is 276 g/mol. The molecule has 1 aromatic carbocycles. The van der Waals surface area contributed by atoms with Gasteiger partial charge >= 0.3 is 0 Å². The summed E-state index contributed by atoms with van der Waals surface area (Å²) in [5.74, 6) is 0.540. The molecule has 4 atom stereocenters. The molecule has 2 aliphatic rings. The zero-order chi connectivity index (χ0) is 15.7. The Morgan fingerprint density at radius 3 is 2.91 bits per heavy atom. The number of nitrogens with one attached hydrogen (secondary N) is 3. The molecule has 116 valence electrons. The summed E-state index contributed by atoms with van der Waals surface area (Å²) in [7, 11) is 0. The summed E-state index contributed by atoms with van der Waals surface area (Å²) in [6, 6.07) is 8.51. The third kappa shape index (κ3) is 2.85. The Morgan fingerprint density at radius 1 is 1.36 bits per heavy atom. The highest BCUT2D eigenvalue weighted by Crippen LogP contribution is 2.30. The van der Waals surface area contributed by atoms with Gasteiger partial charge in [-0.2, -0.15) is 5.26 Å². The normalized spacial score (nSPS) is 30.4. The molecule has 1 aliphatic carbocycles. The van der Waals surface area contributed by atoms with Crippen LogP contribution in [0.4, 0.5) is 0 Å². The topological polar surface area (TPSA) is 77.0 Å². The van der Waals surface area contributed by atoms with Gasteiger partial charge in [0.1, 0.15) is 0 Å². The van der Waals surface area contributed by atoms with Crippen molar-refractivity contribution >= 4 is 5.91 Å². The van der Waals surface area contributed by atoms with Crippen molar-refractivity contribution in [3.8, 4) is 6.07 Å². The van der Waals surface area contributed by atoms with Crippen molar-refractivity contribution in [3.05, 3.63) is 34.9 Å². The molecule has 0 bridgehead atoms. The average Bonchev–Trinajstić information content (AvgIpc) is 2.88. The second kappa shape index (κ2) is 6.07. The first-order chi connectivity index (χ1) is 10.6. The number of nitrogens with zero attached hydrogens (tertiary/aromatic N) is 1. The van der Waals surface area contributed by atoms with Gasteiger partial charge in [0.05, 0.1) is 11.6 Å². The number of fused-ring (bicyclic) bond motifs is 1. The van der Waals surface area contributed by atoms with Crippen LogP contribution in [0.15, 0.2) is 18.2 Å². The van der Waals surface area contributed by atoms with E-state index in [9.17, 15) is 4.79 Å². The molecule has 2 fully saturated rings. The Labute approximate surface area is 131 Å². The average molecular weight is 298 g/mol. The monoisotopic (exact) mass is 298 g/mol. The van der Waals surface area contributed by atoms with E-state index in [0.717, 1.165) is 24.8 Å². The number of amides is 1. The summed E-state index contributed by atoms with van der Waals surface area (Å²) < 4.78 is 0. The smallest absolute Gasteiger partial charge is 0.251 e. The predicted molar refractivity (Wildman–Crippen MR) is 84.0 cm³/mol. The Balaban J connectivity index is 1.66. The van der Waals surface area contributed by atoms with Crippen LogP contribution in [0.3, 0.4) is 0 Å². The Morgan fingerprint density at radius 2 is 2.18 bits per heavy atom. The third-order valence-corrected chi connectivity index (χ3v) is 4.97. The van der Waals surface area contributed by atoms with Gasteiger partial charge in [0, 0.05) is 23.7 Å². The minimum absolute atomic E-state index is 0.0305. The van der Waals surface area contributed by atoms with E-state index >= 15 is 0 Å². The lowest BCUT2D eigenvalue weighted by Gasteiger charge is -2.32. The highest BCUT2D eigenvalue weighted by atomic mass is 16.1. The van der Waals surface area contributed by atoms with Crippen molar-refractivity contribution < 1.29 is 4.79 Å². The molecule has 1 amide bonds. The molecule has 1 saturated carbocycles. The lowest BCUT2D eigenvalue weighted by atomic mass is 9.79. The van der Waals surface area contributed by atoms with Crippen molar-refractivity contribution in [3.63, 3.8) is 0 Å². The van der Waals surface area contributed by atoms with Crippen LogP contribution in [-0.2, 0) is 0 Å². The number of hydrogen-bond acceptors (Lipinski definition) is 4. The standard InChI is InChI=1S/C17H22N4O/c1-10-7-12(9-18)3-5-14(10)17(22)19-13-4-6-16-15(8-13)11(2)20-21-16/h3,5,7,11,13,15-16,20-21H,4,6,8H2,1-2H3,(H,19,22). The molecule has 5 nitrogen and oxygen atoms in total. The van der Waals surface area contributed by atoms with Gasteiger partial charge in [-0.25, -0.2) is 0 Å². The summed E-state index contributed by atoms with van der Waals surface area (Å²) in [5.41, 5.74) is 8.74. The molecule has 0 aromatic heterocycles. The van der Waals surface area contributed by atoms with E-state index in [1.54, 1.807) is 18.2 Å². The number of carbonyl (C=O) groups is 1. The van der Waals surface area contributed by atoms with Crippen molar-refractivity contribution in [2.24, 2.45) is 5.92 Å². The van der Waals surface area contributed by atoms with Crippen molar-refractivity contribution in [1.82, 2.24) is 16.2 Å². The molecule has 0 spiro atoms. The van der Waals surface area contributed by atoms with Crippen LogP contribution in [0, 0.1) is 24.2 Å². The largest absolute Gasteiger partial charge is 0.349 e. The molecule has 4 unspecified atom stereocenters. The van der Waals surface area contributed by atoms with Crippen LogP contribution in [-0.4, -0.2) is 24.0 Å². The van der Waals surface area contributed by atoms with E-state index in [1.165, 1.54) is 0 Å². The van der Waals surface area contributed by atoms with E-state index < -0.39 is 0 Å². The molecule has 1 heterocycles. The lowest BCUT2D eigenvalue weighted by molar-refractivity contribution is 0.0915. The molecule has 3 rings (SSSR count). The number of benzene rings is 1. The van der Waals surface area contributed by atoms with Gasteiger partial charge in [-0.1, -0.05) is 0 Å². The van der Waals surface area contributed by atoms with E-state index in [-0.39, 0.29) is 11.9 Å². The van der Waals surface area contributed by atoms with Crippen LogP contribution in [0.1, 0.15) is 47.7 Å². The van der Waals surface area contributed by atoms with Crippen LogP contribution in [0.5, 0.6) is 0 Å². The molecule has 1 aliphatic heterocycles. The fourth-order valence-electron chi connectivity index (χ4n) is 3.67. The third-order valence-electron chi connectivity index (χ3n) is 4.97. The Kier molecular flexibility index (Phi) is 4.14. The quantitative estimate of drug-likeness (QED) is 0.775. The maximum absolute atomic E-state index is 12.5. The maximum Gasteiger partial charge on any atom is 0.251 e. The summed E-state index contributed by atoms with van der Waals surface area (Å²) in [4.78, 5) is 12.5. The second-order valence-corrected chi connectivity index (χ2v) is 6.47. The van der Waals surface area contributed by atoms with Crippen LogP contribution in [0.25, 0.3) is 0 Å². The SMILES string of the molecule is Cc1cc(C#N)ccc1C(=O)NC1CCC2NNC(C)C2C1. The van der Waals surface area contributed by atoms with Crippen LogP contribution < -0.4 is 16.2 Å². The highest BCUT2D eigenvalue weighted by molar-refractivity contribution is 5.96. The highest BCUT2D eigenvalue weighted by Gasteiger charge is 2.38. The molecule has 1 saturated heterocycles. The lowest BCUT2D eigenvalue weighted by Crippen LogP contribution is -2.44. The molecule has 0 radical (unpaired) electrons. The summed E-state index contributed by atoms with van der Waals surface area (Å²) in [6.07, 6.45) is 3.09. The van der Waals surface area contributed by atoms with Gasteiger partial charge < -0.3 is 5.32 Å². The van der Waals surface area contributed by atoms with Gasteiger partial charge in [-0.15, -0.1) is 0 Å². The number of nitriles is 1. The predicted octanol–water partition coefficient (Wildman–Crippen LogP) is 1.63. The van der Waals surface area contributed by atoms with Crippen molar-refractivity contribution in [1.29, 1.82) is 5.26 Å². The number of hydrazine groups is 1. The number of rotatable bonds is 2. The Bertz CT molecular complexity index is 622. The maximum atomic E-state index is 12.5. The molecule has 3 N–H and O–H groups in total. The number of carbonyl (C=O) groups excluding carboxylic acids is 1. The fourth-order valence-corrected chi connectivity index (χ4v) is 3.67. The minimum Gasteiger partial charge on any atom is -0.349 e. The van der Waals surface area contributed by atoms with Gasteiger partial charge in [0.2, 0.25) is 0 Å². The molecular formula is C17H22N4O.